The summed E-state index contributed by atoms with van der Waals surface area (Å²) in [6.45, 7) is 0. The minimum Gasteiger partial charge on any atom is -0.465 e. The molecule has 0 bridgehead atoms. The molecule has 0 aromatic heterocycles. The van der Waals surface area contributed by atoms with E-state index >= 15 is 0 Å². The molecule has 0 fully saturated rings. The monoisotopic (exact) mass is 297 g/mol. The third-order valence-electron chi connectivity index (χ3n) is 2.10. The zero-order chi connectivity index (χ0) is 13.9. The van der Waals surface area contributed by atoms with Gasteiger partial charge in [-0.15, -0.1) is 0 Å². The molecule has 0 unspecified atom stereocenters. The van der Waals surface area contributed by atoms with E-state index in [0.29, 0.717) is 0 Å². The van der Waals surface area contributed by atoms with Gasteiger partial charge in [0, 0.05) is 29.6 Å². The number of hydrogen-bond acceptors (Lipinski definition) is 6. The van der Waals surface area contributed by atoms with Gasteiger partial charge in [-0.1, -0.05) is 0 Å². The number of carbonyl (C=O) groups is 2. The van der Waals surface area contributed by atoms with Crippen LogP contribution in [0, 0.1) is 0 Å². The molecule has 1 rings (SSSR count). The molecule has 0 aliphatic rings. The number of esters is 2. The van der Waals surface area contributed by atoms with Crippen LogP contribution in [0.4, 0.5) is 0 Å². The van der Waals surface area contributed by atoms with Crippen LogP contribution in [0.25, 0.3) is 0 Å². The van der Waals surface area contributed by atoms with E-state index < -0.39 is 27.0 Å². The third kappa shape index (κ3) is 4.29. The molecule has 0 aliphatic carbocycles. The van der Waals surface area contributed by atoms with Gasteiger partial charge >= 0.3 is 11.9 Å². The fourth-order valence-corrected chi connectivity index (χ4v) is 1.76. The first-order valence-corrected chi connectivity index (χ1v) is 6.03. The summed E-state index contributed by atoms with van der Waals surface area (Å²) in [7, 11) is -2.29. The largest absolute Gasteiger partial charge is 0.465 e. The second-order valence-corrected chi connectivity index (χ2v) is 4.59. The van der Waals surface area contributed by atoms with Gasteiger partial charge in [0.2, 0.25) is 0 Å². The summed E-state index contributed by atoms with van der Waals surface area (Å²) < 4.78 is 39.6. The van der Waals surface area contributed by atoms with Crippen molar-refractivity contribution in [2.45, 2.75) is 4.90 Å². The fraction of sp³-hybridized carbons (Fsp3) is 0.200. The standard InChI is InChI=1S/C10H10O7S.Na/c1-16-9(11)7-4-3-6(18(13,14)15)5-8(7)10(12)17-2;/h3-5H,1-2H3,(H,13,14,15);. The van der Waals surface area contributed by atoms with Crippen molar-refractivity contribution < 1.29 is 32.0 Å². The van der Waals surface area contributed by atoms with Crippen molar-refractivity contribution >= 4 is 51.6 Å². The molecule has 0 heterocycles. The molecule has 0 aliphatic heterocycles. The number of ether oxygens (including phenoxy) is 2. The topological polar surface area (TPSA) is 107 Å². The summed E-state index contributed by atoms with van der Waals surface area (Å²) in [6.07, 6.45) is 0. The van der Waals surface area contributed by atoms with Gasteiger partial charge < -0.3 is 9.47 Å². The van der Waals surface area contributed by atoms with Crippen LogP contribution in [0.1, 0.15) is 20.7 Å². The molecule has 0 saturated carbocycles. The first-order valence-electron chi connectivity index (χ1n) is 4.59. The maximum atomic E-state index is 11.4. The van der Waals surface area contributed by atoms with Crippen LogP contribution < -0.4 is 0 Å². The molecule has 1 radical (unpaired) electrons. The average molecular weight is 297 g/mol. The number of carbonyl (C=O) groups excluding carboxylic acids is 2. The van der Waals surface area contributed by atoms with Gasteiger partial charge in [-0.2, -0.15) is 8.42 Å². The Morgan fingerprint density at radius 2 is 1.53 bits per heavy atom. The SMILES string of the molecule is COC(=O)c1ccc(S(=O)(=O)O)cc1C(=O)OC.[Na]. The summed E-state index contributed by atoms with van der Waals surface area (Å²) in [6, 6.07) is 2.88. The quantitative estimate of drug-likeness (QED) is 0.480. The predicted molar refractivity (Wildman–Crippen MR) is 64.7 cm³/mol. The summed E-state index contributed by atoms with van der Waals surface area (Å²) in [5, 5.41) is 0. The van der Waals surface area contributed by atoms with Crippen LogP contribution in [-0.4, -0.2) is 68.7 Å². The predicted octanol–water partition coefficient (Wildman–Crippen LogP) is 0.126. The number of benzene rings is 1. The van der Waals surface area contributed by atoms with Crippen LogP contribution in [-0.2, 0) is 19.6 Å². The molecule has 0 saturated heterocycles. The van der Waals surface area contributed by atoms with E-state index in [0.717, 1.165) is 32.4 Å². The van der Waals surface area contributed by atoms with E-state index in [9.17, 15) is 18.0 Å². The van der Waals surface area contributed by atoms with Crippen LogP contribution in [0.3, 0.4) is 0 Å². The Kier molecular flexibility index (Phi) is 6.67. The second-order valence-electron chi connectivity index (χ2n) is 3.17. The molecule has 9 heteroatoms. The molecule has 7 nitrogen and oxygen atoms in total. The van der Waals surface area contributed by atoms with Crippen LogP contribution in [0.5, 0.6) is 0 Å². The second kappa shape index (κ2) is 7.01. The smallest absolute Gasteiger partial charge is 0.338 e. The molecular weight excluding hydrogens is 287 g/mol. The van der Waals surface area contributed by atoms with Crippen molar-refractivity contribution in [1.82, 2.24) is 0 Å². The van der Waals surface area contributed by atoms with Gasteiger partial charge in [0.1, 0.15) is 0 Å². The van der Waals surface area contributed by atoms with Gasteiger partial charge in [-0.25, -0.2) is 9.59 Å². The summed E-state index contributed by atoms with van der Waals surface area (Å²) in [5.74, 6) is -1.74. The molecule has 19 heavy (non-hydrogen) atoms. The average Bonchev–Trinajstić information content (AvgIpc) is 2.35. The van der Waals surface area contributed by atoms with Crippen molar-refractivity contribution in [3.63, 3.8) is 0 Å². The summed E-state index contributed by atoms with van der Waals surface area (Å²) >= 11 is 0. The Labute approximate surface area is 131 Å². The molecule has 1 aromatic rings. The van der Waals surface area contributed by atoms with E-state index in [2.05, 4.69) is 9.47 Å². The number of hydrogen-bond donors (Lipinski definition) is 1. The Morgan fingerprint density at radius 3 is 1.95 bits per heavy atom. The molecule has 1 N–H and O–H groups in total. The summed E-state index contributed by atoms with van der Waals surface area (Å²) in [4.78, 5) is 22.3. The van der Waals surface area contributed by atoms with E-state index in [1.165, 1.54) is 0 Å². The Morgan fingerprint density at radius 1 is 1.05 bits per heavy atom. The minimum atomic E-state index is -4.48. The van der Waals surface area contributed by atoms with E-state index in [-0.39, 0.29) is 40.7 Å². The number of methoxy groups -OCH3 is 2. The Hall–Kier alpha value is -0.930. The number of rotatable bonds is 3. The van der Waals surface area contributed by atoms with Gasteiger partial charge in [-0.05, 0) is 18.2 Å². The van der Waals surface area contributed by atoms with Crippen molar-refractivity contribution in [1.29, 1.82) is 0 Å². The first kappa shape index (κ1) is 18.1. The molecule has 1 aromatic carbocycles. The van der Waals surface area contributed by atoms with Gasteiger partial charge in [0.05, 0.1) is 30.2 Å². The first-order chi connectivity index (χ1) is 8.31. The van der Waals surface area contributed by atoms with Crippen molar-refractivity contribution in [3.8, 4) is 0 Å². The fourth-order valence-electron chi connectivity index (χ4n) is 1.25. The van der Waals surface area contributed by atoms with Crippen LogP contribution >= 0.6 is 0 Å². The maximum Gasteiger partial charge on any atom is 0.338 e. The Bertz CT molecular complexity index is 594. The van der Waals surface area contributed by atoms with Gasteiger partial charge in [0.15, 0.2) is 0 Å². The van der Waals surface area contributed by atoms with Crippen molar-refractivity contribution in [3.05, 3.63) is 29.3 Å². The minimum absolute atomic E-state index is 0. The molecule has 0 spiro atoms. The zero-order valence-corrected chi connectivity index (χ0v) is 13.4. The van der Waals surface area contributed by atoms with Crippen molar-refractivity contribution in [2.75, 3.05) is 14.2 Å². The third-order valence-corrected chi connectivity index (χ3v) is 2.95. The van der Waals surface area contributed by atoms with E-state index in [1.807, 2.05) is 0 Å². The Balaban J connectivity index is 0.00000324. The van der Waals surface area contributed by atoms with E-state index in [4.69, 9.17) is 4.55 Å². The van der Waals surface area contributed by atoms with Crippen LogP contribution in [0.2, 0.25) is 0 Å². The van der Waals surface area contributed by atoms with Gasteiger partial charge in [0.25, 0.3) is 10.1 Å². The summed E-state index contributed by atoms with van der Waals surface area (Å²) in [5.41, 5.74) is -0.462. The molecule has 99 valence electrons. The zero-order valence-electron chi connectivity index (χ0n) is 10.5. The van der Waals surface area contributed by atoms with Gasteiger partial charge in [-0.3, -0.25) is 4.55 Å². The maximum absolute atomic E-state index is 11.4. The normalized spacial score (nSPS) is 10.3. The molecular formula is C10H10NaO7S. The van der Waals surface area contributed by atoms with E-state index in [1.54, 1.807) is 0 Å². The van der Waals surface area contributed by atoms with Crippen molar-refractivity contribution in [2.24, 2.45) is 0 Å². The van der Waals surface area contributed by atoms with Crippen LogP contribution in [0.15, 0.2) is 23.1 Å². The molecule has 0 amide bonds. The molecule has 0 atom stereocenters.